The Kier molecular flexibility index (Phi) is 138. The maximum Gasteiger partial charge on any atom is 0.314 e. The molecule has 0 aliphatic carbocycles. The molecule has 0 spiro atoms. The zero-order valence-electron chi connectivity index (χ0n) is 20.2. The summed E-state index contributed by atoms with van der Waals surface area (Å²) in [5.41, 5.74) is 0. The van der Waals surface area contributed by atoms with Gasteiger partial charge in [0.15, 0.2) is 0 Å². The van der Waals surface area contributed by atoms with E-state index < -0.39 is 90.8 Å². The fraction of sp³-hybridized carbons (Fsp3) is 0. The molecule has 0 radical (unpaired) electrons. The summed E-state index contributed by atoms with van der Waals surface area (Å²) in [5, 5.41) is 0. The van der Waals surface area contributed by atoms with Gasteiger partial charge in [0.25, 0.3) is 0 Å². The van der Waals surface area contributed by atoms with Gasteiger partial charge in [-0.3, -0.25) is 50.2 Å². The molecule has 0 atom stereocenters. The summed E-state index contributed by atoms with van der Waals surface area (Å²) in [5.74, 6) is 0. The van der Waals surface area contributed by atoms with Crippen molar-refractivity contribution in [1.82, 2.24) is 0 Å². The largest absolute Gasteiger partial charge is 0.326 e. The first-order valence-electron chi connectivity index (χ1n) is 7.16. The van der Waals surface area contributed by atoms with Crippen molar-refractivity contribution < 1.29 is 179 Å². The quantitative estimate of drug-likeness (QED) is 0.100. The van der Waals surface area contributed by atoms with Gasteiger partial charge in [0, 0.05) is 21.1 Å². The Balaban J connectivity index is -0.0000000266. The SMILES string of the molecule is O=[PH](O)O.O=[PH](O)O.O=[PH](O)O.O=[PH](O)O.O=[PH](O)O.O=[PH](O)O.O=[PH](O)O.O=[PH](O)O.O=[PH](O)O.O=[PH](O)O.O=[PH](O)O.[W]. The average Bonchev–Trinajstić information content (AvgIpc) is 2.55. The van der Waals surface area contributed by atoms with Crippen LogP contribution >= 0.6 is 90.8 Å². The molecule has 0 unspecified atom stereocenters. The van der Waals surface area contributed by atoms with Crippen LogP contribution in [0.5, 0.6) is 0 Å². The molecule has 45 heteroatoms. The predicted molar refractivity (Wildman–Crippen MR) is 148 cm³/mol. The molecule has 0 saturated heterocycles. The number of hydrogen-bond acceptors (Lipinski definition) is 11. The monoisotopic (exact) mass is 1090 g/mol. The predicted octanol–water partition coefficient (Wildman–Crippen LogP) is -7.03. The van der Waals surface area contributed by atoms with Gasteiger partial charge in [0.1, 0.15) is 0 Å². The molecule has 0 aromatic rings. The van der Waals surface area contributed by atoms with Crippen LogP contribution in [-0.4, -0.2) is 108 Å². The van der Waals surface area contributed by atoms with Crippen molar-refractivity contribution in [3.05, 3.63) is 0 Å². The molecular weight excluding hydrogens is 1050 g/mol. The fourth-order valence-electron chi connectivity index (χ4n) is 0. The Morgan fingerprint density at radius 1 is 0.156 bits per heavy atom. The molecule has 0 aromatic heterocycles. The first kappa shape index (κ1) is 81.4. The van der Waals surface area contributed by atoms with E-state index in [9.17, 15) is 0 Å². The smallest absolute Gasteiger partial charge is 0.314 e. The van der Waals surface area contributed by atoms with Crippen molar-refractivity contribution in [3.8, 4) is 0 Å². The minimum absolute atomic E-state index is 0. The van der Waals surface area contributed by atoms with Crippen LogP contribution in [0.2, 0.25) is 0 Å². The van der Waals surface area contributed by atoms with Gasteiger partial charge in [-0.2, -0.15) is 0 Å². The summed E-state index contributed by atoms with van der Waals surface area (Å²) >= 11 is 0. The van der Waals surface area contributed by atoms with Crippen LogP contribution < -0.4 is 0 Å². The van der Waals surface area contributed by atoms with Crippen molar-refractivity contribution >= 4 is 90.8 Å². The van der Waals surface area contributed by atoms with Gasteiger partial charge in [0.05, 0.1) is 0 Å². The van der Waals surface area contributed by atoms with Crippen molar-refractivity contribution in [2.24, 2.45) is 0 Å². The first-order valence-corrected chi connectivity index (χ1v) is 21.5. The van der Waals surface area contributed by atoms with Crippen LogP contribution in [0.15, 0.2) is 0 Å². The van der Waals surface area contributed by atoms with Crippen LogP contribution in [0.4, 0.5) is 0 Å². The summed E-state index contributed by atoms with van der Waals surface area (Å²) in [7, 11) is -34.4. The molecule has 22 N–H and O–H groups in total. The minimum atomic E-state index is -3.13. The summed E-state index contributed by atoms with van der Waals surface area (Å²) in [6.07, 6.45) is 0. The first-order chi connectivity index (χ1) is 19.1. The normalized spacial score (nSPS) is 8.56. The molecule has 0 heterocycles. The van der Waals surface area contributed by atoms with E-state index in [4.69, 9.17) is 158 Å². The summed E-state index contributed by atoms with van der Waals surface area (Å²) < 4.78 is 96.1. The number of rotatable bonds is 0. The second-order valence-corrected chi connectivity index (χ2v) is 9.32. The molecule has 292 valence electrons. The second kappa shape index (κ2) is 76.3. The molecule has 0 aromatic carbocycles. The zero-order valence-corrected chi connectivity index (χ0v) is 34.2. The van der Waals surface area contributed by atoms with E-state index in [1.807, 2.05) is 0 Å². The maximum atomic E-state index is 8.74. The molecule has 0 fully saturated rings. The standard InChI is InChI=1S/11H3O3P.W/c11*1-4(2)3;/h11*4H,(H2,1,2,3);. The van der Waals surface area contributed by atoms with Crippen LogP contribution in [-0.2, 0) is 71.3 Å². The molecule has 0 amide bonds. The molecule has 0 rings (SSSR count). The number of hydrogen-bond donors (Lipinski definition) is 22. The van der Waals surface area contributed by atoms with E-state index >= 15 is 0 Å². The Labute approximate surface area is 269 Å². The summed E-state index contributed by atoms with van der Waals surface area (Å²) in [4.78, 5) is 157. The third-order valence-electron chi connectivity index (χ3n) is 0. The average molecular weight is 1090 g/mol. The van der Waals surface area contributed by atoms with E-state index in [1.54, 1.807) is 0 Å². The van der Waals surface area contributed by atoms with E-state index in [2.05, 4.69) is 0 Å². The third-order valence-corrected chi connectivity index (χ3v) is 0. The van der Waals surface area contributed by atoms with E-state index in [0.29, 0.717) is 0 Å². The molecule has 0 aliphatic heterocycles. The third kappa shape index (κ3) is 16700. The summed E-state index contributed by atoms with van der Waals surface area (Å²) in [6.45, 7) is 0. The maximum absolute atomic E-state index is 8.74. The molecular formula is H33O33P11W. The van der Waals surface area contributed by atoms with Gasteiger partial charge in [0.2, 0.25) is 0 Å². The van der Waals surface area contributed by atoms with Gasteiger partial charge in [-0.05, 0) is 0 Å². The van der Waals surface area contributed by atoms with Crippen LogP contribution in [0.1, 0.15) is 0 Å². The van der Waals surface area contributed by atoms with Gasteiger partial charge in [-0.15, -0.1) is 0 Å². The minimum Gasteiger partial charge on any atom is -0.326 e. The van der Waals surface area contributed by atoms with E-state index in [1.165, 1.54) is 0 Å². The Bertz CT molecular complexity index is 524. The van der Waals surface area contributed by atoms with Crippen molar-refractivity contribution in [1.29, 1.82) is 0 Å². The van der Waals surface area contributed by atoms with Crippen molar-refractivity contribution in [2.75, 3.05) is 0 Å². The molecule has 0 bridgehead atoms. The van der Waals surface area contributed by atoms with Gasteiger partial charge in [-0.1, -0.05) is 0 Å². The summed E-state index contributed by atoms with van der Waals surface area (Å²) in [6, 6.07) is 0. The van der Waals surface area contributed by atoms with E-state index in [-0.39, 0.29) is 21.1 Å². The Hall–Kier alpha value is 2.34. The molecule has 45 heavy (non-hydrogen) atoms. The van der Waals surface area contributed by atoms with E-state index in [0.717, 1.165) is 0 Å². The van der Waals surface area contributed by atoms with Gasteiger partial charge >= 0.3 is 90.8 Å². The van der Waals surface area contributed by atoms with Crippen LogP contribution in [0.3, 0.4) is 0 Å². The molecule has 0 aliphatic rings. The van der Waals surface area contributed by atoms with Crippen LogP contribution in [0.25, 0.3) is 0 Å². The molecule has 0 saturated carbocycles. The topological polar surface area (TPSA) is 633 Å². The zero-order chi connectivity index (χ0) is 39.4. The van der Waals surface area contributed by atoms with Gasteiger partial charge < -0.3 is 108 Å². The molecule has 33 nitrogen and oxygen atoms in total. The Morgan fingerprint density at radius 3 is 0.156 bits per heavy atom. The van der Waals surface area contributed by atoms with Crippen molar-refractivity contribution in [2.45, 2.75) is 0 Å². The van der Waals surface area contributed by atoms with Gasteiger partial charge in [-0.25, -0.2) is 0 Å². The fourth-order valence-corrected chi connectivity index (χ4v) is 0. The van der Waals surface area contributed by atoms with Crippen molar-refractivity contribution in [3.63, 3.8) is 0 Å². The van der Waals surface area contributed by atoms with Crippen LogP contribution in [0, 0.1) is 0 Å². The Morgan fingerprint density at radius 2 is 0.156 bits per heavy atom. The second-order valence-electron chi connectivity index (χ2n) is 3.11.